The van der Waals surface area contributed by atoms with Gasteiger partial charge in [-0.3, -0.25) is 4.98 Å². The van der Waals surface area contributed by atoms with Crippen molar-refractivity contribution in [3.63, 3.8) is 0 Å². The molecule has 0 saturated heterocycles. The molecular formula is C24H25ClFN5OS. The Morgan fingerprint density at radius 2 is 1.88 bits per heavy atom. The number of ether oxygens (including phenoxy) is 1. The highest BCUT2D eigenvalue weighted by Crippen LogP contribution is 2.39. The summed E-state index contributed by atoms with van der Waals surface area (Å²) in [6.45, 7) is 0. The van der Waals surface area contributed by atoms with Gasteiger partial charge in [0.15, 0.2) is 11.6 Å². The molecule has 3 aromatic rings. The fraction of sp³-hybridized carbons (Fsp3) is 0.375. The summed E-state index contributed by atoms with van der Waals surface area (Å²) < 4.78 is 23.9. The molecule has 0 unspecified atom stereocenters. The van der Waals surface area contributed by atoms with E-state index in [1.807, 2.05) is 0 Å². The van der Waals surface area contributed by atoms with Gasteiger partial charge in [-0.25, -0.2) is 14.4 Å². The van der Waals surface area contributed by atoms with Gasteiger partial charge in [0.1, 0.15) is 5.75 Å². The molecule has 172 valence electrons. The number of pyridine rings is 1. The van der Waals surface area contributed by atoms with Crippen LogP contribution >= 0.6 is 23.5 Å². The van der Waals surface area contributed by atoms with E-state index in [-0.39, 0.29) is 5.75 Å². The van der Waals surface area contributed by atoms with Gasteiger partial charge in [-0.2, -0.15) is 0 Å². The highest BCUT2D eigenvalue weighted by atomic mass is 35.5. The Labute approximate surface area is 201 Å². The predicted octanol–water partition coefficient (Wildman–Crippen LogP) is 7.09. The lowest BCUT2D eigenvalue weighted by molar-refractivity contribution is 0.443. The van der Waals surface area contributed by atoms with Crippen LogP contribution in [-0.4, -0.2) is 26.2 Å². The lowest BCUT2D eigenvalue weighted by Crippen LogP contribution is -2.23. The lowest BCUT2D eigenvalue weighted by Gasteiger charge is -2.22. The second kappa shape index (κ2) is 10.1. The van der Waals surface area contributed by atoms with Crippen LogP contribution in [0.15, 0.2) is 42.9 Å². The molecule has 5 rings (SSSR count). The van der Waals surface area contributed by atoms with Crippen LogP contribution in [0.4, 0.5) is 16.0 Å². The van der Waals surface area contributed by atoms with Gasteiger partial charge in [0, 0.05) is 42.0 Å². The molecule has 2 N–H and O–H groups in total. The molecule has 0 aliphatic heterocycles. The number of hydrogen-bond donors (Lipinski definition) is 2. The van der Waals surface area contributed by atoms with Crippen LogP contribution in [0.3, 0.4) is 0 Å². The van der Waals surface area contributed by atoms with E-state index in [1.54, 1.807) is 42.7 Å². The Bertz CT molecular complexity index is 1120. The number of benzene rings is 1. The van der Waals surface area contributed by atoms with Gasteiger partial charge in [-0.1, -0.05) is 30.9 Å². The Hall–Kier alpha value is -2.58. The zero-order valence-electron chi connectivity index (χ0n) is 18.1. The second-order valence-corrected chi connectivity index (χ2v) is 9.91. The summed E-state index contributed by atoms with van der Waals surface area (Å²) in [5.41, 5.74) is 1.84. The third kappa shape index (κ3) is 5.68. The number of halogens is 2. The SMILES string of the molecule is Fc1cc(NSC2CC2)c(Cl)cc1Oc1ccncc1-c1ccnc(NC2CCCCC2)n1. The lowest BCUT2D eigenvalue weighted by atomic mass is 9.96. The molecule has 6 nitrogen and oxygen atoms in total. The van der Waals surface area contributed by atoms with Crippen molar-refractivity contribution in [2.45, 2.75) is 56.2 Å². The van der Waals surface area contributed by atoms with E-state index in [1.165, 1.54) is 44.2 Å². The van der Waals surface area contributed by atoms with E-state index in [0.29, 0.717) is 45.0 Å². The predicted molar refractivity (Wildman–Crippen MR) is 131 cm³/mol. The summed E-state index contributed by atoms with van der Waals surface area (Å²) in [6.07, 6.45) is 13.3. The number of nitrogens with zero attached hydrogens (tertiary/aromatic N) is 3. The Kier molecular flexibility index (Phi) is 6.83. The van der Waals surface area contributed by atoms with Crippen molar-refractivity contribution < 1.29 is 9.13 Å². The second-order valence-electron chi connectivity index (χ2n) is 8.40. The fourth-order valence-electron chi connectivity index (χ4n) is 3.81. The number of hydrogen-bond acceptors (Lipinski definition) is 7. The minimum absolute atomic E-state index is 0.0454. The third-order valence-corrected chi connectivity index (χ3v) is 7.21. The van der Waals surface area contributed by atoms with Crippen LogP contribution in [0, 0.1) is 5.82 Å². The summed E-state index contributed by atoms with van der Waals surface area (Å²) >= 11 is 7.95. The largest absolute Gasteiger partial charge is 0.453 e. The highest BCUT2D eigenvalue weighted by molar-refractivity contribution is 8.01. The van der Waals surface area contributed by atoms with Crippen LogP contribution < -0.4 is 14.8 Å². The van der Waals surface area contributed by atoms with Crippen molar-refractivity contribution in [3.05, 3.63) is 53.7 Å². The average molecular weight is 486 g/mol. The van der Waals surface area contributed by atoms with Crippen molar-refractivity contribution in [1.82, 2.24) is 15.0 Å². The van der Waals surface area contributed by atoms with E-state index in [0.717, 1.165) is 12.8 Å². The minimum Gasteiger partial charge on any atom is -0.453 e. The van der Waals surface area contributed by atoms with Crippen molar-refractivity contribution in [1.29, 1.82) is 0 Å². The molecule has 2 heterocycles. The standard InChI is InChI=1S/C24H25ClFN5OS/c25-18-12-23(19(26)13-21(18)31-33-16-6-7-16)32-22-9-10-27-14-17(22)20-8-11-28-24(30-20)29-15-4-2-1-3-5-15/h8-16,31H,1-7H2,(H,28,29,30). The van der Waals surface area contributed by atoms with Gasteiger partial charge in [0.25, 0.3) is 0 Å². The molecule has 0 radical (unpaired) electrons. The third-order valence-electron chi connectivity index (χ3n) is 5.75. The monoisotopic (exact) mass is 485 g/mol. The molecule has 2 aliphatic rings. The minimum atomic E-state index is -0.497. The smallest absolute Gasteiger partial charge is 0.223 e. The molecule has 2 fully saturated rings. The van der Waals surface area contributed by atoms with Crippen molar-refractivity contribution in [2.24, 2.45) is 0 Å². The van der Waals surface area contributed by atoms with Gasteiger partial charge >= 0.3 is 0 Å². The van der Waals surface area contributed by atoms with E-state index in [4.69, 9.17) is 16.3 Å². The Morgan fingerprint density at radius 1 is 1.03 bits per heavy atom. The molecule has 2 aromatic heterocycles. The molecule has 9 heteroatoms. The van der Waals surface area contributed by atoms with Crippen LogP contribution in [0.25, 0.3) is 11.3 Å². The number of anilines is 2. The zero-order chi connectivity index (χ0) is 22.6. The van der Waals surface area contributed by atoms with Crippen LogP contribution in [0.5, 0.6) is 11.5 Å². The summed E-state index contributed by atoms with van der Waals surface area (Å²) in [5.74, 6) is 0.565. The van der Waals surface area contributed by atoms with Crippen molar-refractivity contribution >= 4 is 35.2 Å². The maximum absolute atomic E-state index is 14.8. The van der Waals surface area contributed by atoms with Crippen molar-refractivity contribution in [3.8, 4) is 22.8 Å². The molecule has 1 aromatic carbocycles. The molecule has 0 spiro atoms. The maximum Gasteiger partial charge on any atom is 0.223 e. The highest BCUT2D eigenvalue weighted by Gasteiger charge is 2.23. The topological polar surface area (TPSA) is 72.0 Å². The zero-order valence-corrected chi connectivity index (χ0v) is 19.6. The van der Waals surface area contributed by atoms with E-state index in [9.17, 15) is 4.39 Å². The number of rotatable bonds is 8. The molecule has 0 amide bonds. The first-order chi connectivity index (χ1) is 16.2. The van der Waals surface area contributed by atoms with Gasteiger partial charge in [0.2, 0.25) is 5.95 Å². The normalized spacial score (nSPS) is 16.4. The first kappa shape index (κ1) is 22.2. The molecule has 2 aliphatic carbocycles. The molecule has 0 bridgehead atoms. The summed E-state index contributed by atoms with van der Waals surface area (Å²) in [4.78, 5) is 13.3. The van der Waals surface area contributed by atoms with E-state index >= 15 is 0 Å². The fourth-order valence-corrected chi connectivity index (χ4v) is 4.90. The first-order valence-corrected chi connectivity index (χ1v) is 12.5. The van der Waals surface area contributed by atoms with Crippen LogP contribution in [-0.2, 0) is 0 Å². The van der Waals surface area contributed by atoms with E-state index in [2.05, 4.69) is 25.0 Å². The maximum atomic E-state index is 14.8. The Morgan fingerprint density at radius 3 is 2.70 bits per heavy atom. The molecule has 2 saturated carbocycles. The van der Waals surface area contributed by atoms with Gasteiger partial charge in [-0.05, 0) is 49.8 Å². The summed E-state index contributed by atoms with van der Waals surface area (Å²) in [5, 5.41) is 4.41. The first-order valence-electron chi connectivity index (χ1n) is 11.3. The van der Waals surface area contributed by atoms with Crippen molar-refractivity contribution in [2.75, 3.05) is 10.0 Å². The summed E-state index contributed by atoms with van der Waals surface area (Å²) in [6, 6.07) is 6.73. The van der Waals surface area contributed by atoms with Crippen LogP contribution in [0.2, 0.25) is 5.02 Å². The van der Waals surface area contributed by atoms with Gasteiger partial charge in [-0.15, -0.1) is 0 Å². The number of nitrogens with one attached hydrogen (secondary N) is 2. The average Bonchev–Trinajstić information content (AvgIpc) is 3.66. The van der Waals surface area contributed by atoms with Crippen LogP contribution in [0.1, 0.15) is 44.9 Å². The van der Waals surface area contributed by atoms with E-state index < -0.39 is 5.82 Å². The molecule has 0 atom stereocenters. The quantitative estimate of drug-likeness (QED) is 0.330. The molecular weight excluding hydrogens is 461 g/mol. The Balaban J connectivity index is 1.36. The van der Waals surface area contributed by atoms with Gasteiger partial charge in [0.05, 0.1) is 22.0 Å². The van der Waals surface area contributed by atoms with Gasteiger partial charge < -0.3 is 14.8 Å². The summed E-state index contributed by atoms with van der Waals surface area (Å²) in [7, 11) is 0. The molecule has 33 heavy (non-hydrogen) atoms. The number of aromatic nitrogens is 3.